The van der Waals surface area contributed by atoms with Gasteiger partial charge in [-0.15, -0.1) is 0 Å². The summed E-state index contributed by atoms with van der Waals surface area (Å²) in [4.78, 5) is 20.5. The fourth-order valence-electron chi connectivity index (χ4n) is 5.41. The zero-order chi connectivity index (χ0) is 28.4. The topological polar surface area (TPSA) is 122 Å². The van der Waals surface area contributed by atoms with Crippen molar-refractivity contribution >= 4 is 5.97 Å². The minimum Gasteiger partial charge on any atom is -0.489 e. The molecule has 1 aromatic heterocycles. The van der Waals surface area contributed by atoms with Crippen LogP contribution in [0.25, 0.3) is 22.3 Å². The lowest BCUT2D eigenvalue weighted by molar-refractivity contribution is -0.137. The predicted octanol–water partition coefficient (Wildman–Crippen LogP) is 4.97. The van der Waals surface area contributed by atoms with E-state index >= 15 is 0 Å². The number of nitrogens with zero attached hydrogens (tertiary/aromatic N) is 2. The maximum Gasteiger partial charge on any atom is 0.316 e. The Balaban J connectivity index is 1.37. The van der Waals surface area contributed by atoms with E-state index in [1.165, 1.54) is 0 Å². The van der Waals surface area contributed by atoms with Crippen molar-refractivity contribution in [2.24, 2.45) is 0 Å². The summed E-state index contributed by atoms with van der Waals surface area (Å²) >= 11 is 0. The molecule has 1 aliphatic rings. The first-order valence-corrected chi connectivity index (χ1v) is 13.2. The summed E-state index contributed by atoms with van der Waals surface area (Å²) in [6.45, 7) is 5.70. The molecule has 8 nitrogen and oxygen atoms in total. The zero-order valence-corrected chi connectivity index (χ0v) is 22.7. The molecule has 0 saturated carbocycles. The molecular weight excluding hydrogens is 508 g/mol. The molecule has 0 saturated heterocycles. The smallest absolute Gasteiger partial charge is 0.316 e. The number of ether oxygens (including phenoxy) is 2. The molecule has 206 valence electrons. The van der Waals surface area contributed by atoms with Crippen LogP contribution in [-0.2, 0) is 11.4 Å². The number of aryl methyl sites for hydroxylation is 2. The van der Waals surface area contributed by atoms with Gasteiger partial charge in [0.15, 0.2) is 0 Å². The van der Waals surface area contributed by atoms with Crippen molar-refractivity contribution in [1.29, 1.82) is 0 Å². The first-order valence-electron chi connectivity index (χ1n) is 13.2. The number of aliphatic hydroxyl groups excluding tert-OH is 2. The Hall–Kier alpha value is -4.27. The molecule has 3 aromatic carbocycles. The Kier molecular flexibility index (Phi) is 7.82. The number of fused-ring (bicyclic) bond motifs is 3. The third-order valence-electron chi connectivity index (χ3n) is 7.38. The first kappa shape index (κ1) is 27.3. The molecule has 1 aliphatic carbocycles. The van der Waals surface area contributed by atoms with E-state index in [-0.39, 0.29) is 25.0 Å². The van der Waals surface area contributed by atoms with E-state index < -0.39 is 18.7 Å². The lowest BCUT2D eigenvalue weighted by Crippen LogP contribution is -2.22. The minimum atomic E-state index is -0.991. The van der Waals surface area contributed by atoms with Crippen LogP contribution in [0.15, 0.2) is 60.7 Å². The molecule has 0 amide bonds. The van der Waals surface area contributed by atoms with Crippen LogP contribution in [0.1, 0.15) is 46.0 Å². The van der Waals surface area contributed by atoms with Crippen molar-refractivity contribution < 1.29 is 29.6 Å². The summed E-state index contributed by atoms with van der Waals surface area (Å²) in [7, 11) is 0. The second kappa shape index (κ2) is 11.5. The van der Waals surface area contributed by atoms with Crippen molar-refractivity contribution in [2.45, 2.75) is 45.8 Å². The highest BCUT2D eigenvalue weighted by molar-refractivity contribution is 5.82. The number of rotatable bonds is 10. The van der Waals surface area contributed by atoms with Crippen molar-refractivity contribution in [3.8, 4) is 34.0 Å². The summed E-state index contributed by atoms with van der Waals surface area (Å²) in [5.74, 6) is -0.264. The van der Waals surface area contributed by atoms with Crippen LogP contribution in [0.3, 0.4) is 0 Å². The molecule has 5 rings (SSSR count). The van der Waals surface area contributed by atoms with E-state index in [0.717, 1.165) is 61.6 Å². The Bertz CT molecular complexity index is 1540. The van der Waals surface area contributed by atoms with Gasteiger partial charge in [-0.1, -0.05) is 48.5 Å². The Morgan fingerprint density at radius 2 is 1.60 bits per heavy atom. The molecule has 4 aromatic rings. The second-order valence-electron chi connectivity index (χ2n) is 10.1. The standard InChI is InChI=1S/C32H32N2O6/c1-18-21(7-6-10-24(18)31-19(2)33-32(34-20(31)3)40-17-22(36)15-35)16-39-23-11-12-27-28(13-23)25-8-4-5-9-26(25)29(27)14-30(37)38/h4-13,22,29,35-36H,14-17H2,1-3H3,(H,37,38)/t22-,29?/m0/s1. The molecule has 1 unspecified atom stereocenters. The Morgan fingerprint density at radius 1 is 0.900 bits per heavy atom. The summed E-state index contributed by atoms with van der Waals surface area (Å²) in [6.07, 6.45) is -0.939. The largest absolute Gasteiger partial charge is 0.489 e. The fraction of sp³-hybridized carbons (Fsp3) is 0.281. The van der Waals surface area contributed by atoms with Gasteiger partial charge in [0.25, 0.3) is 0 Å². The molecule has 0 radical (unpaired) electrons. The Morgan fingerprint density at radius 3 is 2.33 bits per heavy atom. The highest BCUT2D eigenvalue weighted by atomic mass is 16.5. The van der Waals surface area contributed by atoms with Crippen LogP contribution in [0.5, 0.6) is 11.8 Å². The molecular formula is C32H32N2O6. The molecule has 0 bridgehead atoms. The number of aliphatic hydroxyl groups is 2. The van der Waals surface area contributed by atoms with E-state index in [1.54, 1.807) is 0 Å². The second-order valence-corrected chi connectivity index (χ2v) is 10.1. The van der Waals surface area contributed by atoms with Crippen LogP contribution in [0, 0.1) is 20.8 Å². The van der Waals surface area contributed by atoms with Gasteiger partial charge in [0.2, 0.25) is 0 Å². The molecule has 0 spiro atoms. The predicted molar refractivity (Wildman–Crippen MR) is 151 cm³/mol. The average Bonchev–Trinajstić information content (AvgIpc) is 3.24. The van der Waals surface area contributed by atoms with Gasteiger partial charge in [0.1, 0.15) is 25.1 Å². The average molecular weight is 541 g/mol. The van der Waals surface area contributed by atoms with E-state index in [4.69, 9.17) is 14.6 Å². The molecule has 40 heavy (non-hydrogen) atoms. The molecule has 2 atom stereocenters. The van der Waals surface area contributed by atoms with Gasteiger partial charge in [-0.05, 0) is 71.8 Å². The number of hydrogen-bond acceptors (Lipinski definition) is 7. The molecule has 8 heteroatoms. The van der Waals surface area contributed by atoms with Crippen molar-refractivity contribution in [1.82, 2.24) is 9.97 Å². The number of benzene rings is 3. The molecule has 3 N–H and O–H groups in total. The van der Waals surface area contributed by atoms with Gasteiger partial charge in [-0.2, -0.15) is 9.97 Å². The van der Waals surface area contributed by atoms with Crippen LogP contribution >= 0.6 is 0 Å². The summed E-state index contributed by atoms with van der Waals surface area (Å²) in [5, 5.41) is 28.0. The number of carboxylic acids is 1. The summed E-state index contributed by atoms with van der Waals surface area (Å²) in [5.41, 5.74) is 9.59. The normalized spacial score (nSPS) is 14.4. The first-order chi connectivity index (χ1) is 19.3. The van der Waals surface area contributed by atoms with Gasteiger partial charge in [0, 0.05) is 11.5 Å². The number of aromatic nitrogens is 2. The van der Waals surface area contributed by atoms with E-state index in [0.29, 0.717) is 6.61 Å². The van der Waals surface area contributed by atoms with Crippen LogP contribution < -0.4 is 9.47 Å². The van der Waals surface area contributed by atoms with E-state index in [1.807, 2.05) is 81.4 Å². The van der Waals surface area contributed by atoms with Crippen molar-refractivity contribution in [2.75, 3.05) is 13.2 Å². The maximum absolute atomic E-state index is 11.5. The highest BCUT2D eigenvalue weighted by Crippen LogP contribution is 2.47. The number of carboxylic acid groups (broad SMARTS) is 1. The monoisotopic (exact) mass is 540 g/mol. The fourth-order valence-corrected chi connectivity index (χ4v) is 5.41. The summed E-state index contributed by atoms with van der Waals surface area (Å²) < 4.78 is 11.7. The molecule has 0 aliphatic heterocycles. The number of aliphatic carboxylic acids is 1. The van der Waals surface area contributed by atoms with Gasteiger partial charge in [-0.3, -0.25) is 4.79 Å². The Labute approximate surface area is 232 Å². The summed E-state index contributed by atoms with van der Waals surface area (Å²) in [6, 6.07) is 20.1. The number of carbonyl (C=O) groups is 1. The SMILES string of the molecule is Cc1nc(OC[C@@H](O)CO)nc(C)c1-c1cccc(COc2ccc3c(c2)-c2ccccc2C3CC(=O)O)c1C. The number of hydrogen-bond donors (Lipinski definition) is 3. The van der Waals surface area contributed by atoms with Gasteiger partial charge in [0.05, 0.1) is 24.4 Å². The van der Waals surface area contributed by atoms with Gasteiger partial charge >= 0.3 is 12.0 Å². The van der Waals surface area contributed by atoms with Crippen LogP contribution in [0.2, 0.25) is 0 Å². The molecule has 1 heterocycles. The lowest BCUT2D eigenvalue weighted by Gasteiger charge is -2.17. The third kappa shape index (κ3) is 5.41. The van der Waals surface area contributed by atoms with Crippen molar-refractivity contribution in [3.05, 3.63) is 94.3 Å². The maximum atomic E-state index is 11.5. The zero-order valence-electron chi connectivity index (χ0n) is 22.7. The van der Waals surface area contributed by atoms with Crippen LogP contribution in [0.4, 0.5) is 0 Å². The highest BCUT2D eigenvalue weighted by Gasteiger charge is 2.30. The third-order valence-corrected chi connectivity index (χ3v) is 7.38. The molecule has 0 fully saturated rings. The lowest BCUT2D eigenvalue weighted by atomic mass is 9.94. The van der Waals surface area contributed by atoms with E-state index in [2.05, 4.69) is 9.97 Å². The van der Waals surface area contributed by atoms with Gasteiger partial charge < -0.3 is 24.8 Å². The van der Waals surface area contributed by atoms with Crippen LogP contribution in [-0.4, -0.2) is 50.6 Å². The van der Waals surface area contributed by atoms with Gasteiger partial charge in [-0.25, -0.2) is 0 Å². The quantitative estimate of drug-likeness (QED) is 0.258. The minimum absolute atomic E-state index is 0.0521. The van der Waals surface area contributed by atoms with E-state index in [9.17, 15) is 15.0 Å². The van der Waals surface area contributed by atoms with Crippen molar-refractivity contribution in [3.63, 3.8) is 0 Å².